The number of carbonyl (C=O) groups is 2. The Morgan fingerprint density at radius 2 is 1.57 bits per heavy atom. The zero-order valence-electron chi connectivity index (χ0n) is 13.9. The number of hydrogen-bond donors (Lipinski definition) is 0. The van der Waals surface area contributed by atoms with Crippen molar-refractivity contribution in [2.75, 3.05) is 40.0 Å². The Morgan fingerprint density at radius 1 is 1.00 bits per heavy atom. The Bertz CT molecular complexity index is 312. The number of amides is 1. The Hall–Kier alpha value is -1.14. The zero-order chi connectivity index (χ0) is 16.3. The van der Waals surface area contributed by atoms with Crippen LogP contribution in [0.1, 0.15) is 40.5 Å². The van der Waals surface area contributed by atoms with E-state index >= 15 is 0 Å². The summed E-state index contributed by atoms with van der Waals surface area (Å²) in [5.74, 6) is -0.174. The van der Waals surface area contributed by atoms with Crippen LogP contribution in [0.4, 0.5) is 0 Å². The van der Waals surface area contributed by atoms with Gasteiger partial charge in [-0.3, -0.25) is 9.59 Å². The molecule has 0 atom stereocenters. The van der Waals surface area contributed by atoms with Crippen LogP contribution in [0.3, 0.4) is 0 Å². The number of carbonyl (C=O) groups excluding carboxylic acids is 2. The number of ether oxygens (including phenoxy) is 3. The van der Waals surface area contributed by atoms with E-state index in [4.69, 9.17) is 14.2 Å². The summed E-state index contributed by atoms with van der Waals surface area (Å²) in [7, 11) is 1.73. The standard InChI is InChI=1S/C15H29NO5/c1-13(17)16(5)8-10-20-12-11-19-9-6-7-14(18)21-15(2,3)4/h6-12H2,1-5H3. The van der Waals surface area contributed by atoms with Crippen molar-refractivity contribution < 1.29 is 23.8 Å². The number of esters is 1. The maximum atomic E-state index is 11.4. The van der Waals surface area contributed by atoms with Gasteiger partial charge >= 0.3 is 5.97 Å². The molecular formula is C15H29NO5. The molecule has 124 valence electrons. The lowest BCUT2D eigenvalue weighted by Gasteiger charge is -2.19. The fourth-order valence-electron chi connectivity index (χ4n) is 1.39. The average molecular weight is 303 g/mol. The molecule has 0 fully saturated rings. The molecule has 0 aliphatic carbocycles. The van der Waals surface area contributed by atoms with Crippen molar-refractivity contribution in [1.29, 1.82) is 0 Å². The molecule has 6 nitrogen and oxygen atoms in total. The first-order valence-corrected chi connectivity index (χ1v) is 7.31. The van der Waals surface area contributed by atoms with E-state index in [1.165, 1.54) is 6.92 Å². The van der Waals surface area contributed by atoms with Crippen LogP contribution in [-0.4, -0.2) is 62.4 Å². The predicted molar refractivity (Wildman–Crippen MR) is 80.0 cm³/mol. The molecule has 0 unspecified atom stereocenters. The molecule has 0 saturated carbocycles. The molecule has 21 heavy (non-hydrogen) atoms. The minimum absolute atomic E-state index is 0.0250. The van der Waals surface area contributed by atoms with E-state index in [9.17, 15) is 9.59 Å². The maximum absolute atomic E-state index is 11.4. The summed E-state index contributed by atoms with van der Waals surface area (Å²) in [6.07, 6.45) is 1.00. The van der Waals surface area contributed by atoms with Crippen molar-refractivity contribution in [3.8, 4) is 0 Å². The predicted octanol–water partition coefficient (Wildman–Crippen LogP) is 1.62. The third kappa shape index (κ3) is 13.6. The molecule has 0 aromatic heterocycles. The highest BCUT2D eigenvalue weighted by Gasteiger charge is 2.15. The minimum Gasteiger partial charge on any atom is -0.460 e. The summed E-state index contributed by atoms with van der Waals surface area (Å²) in [5, 5.41) is 0. The van der Waals surface area contributed by atoms with Crippen molar-refractivity contribution in [2.24, 2.45) is 0 Å². The number of rotatable bonds is 10. The fourth-order valence-corrected chi connectivity index (χ4v) is 1.39. The van der Waals surface area contributed by atoms with Crippen molar-refractivity contribution in [3.05, 3.63) is 0 Å². The maximum Gasteiger partial charge on any atom is 0.306 e. The van der Waals surface area contributed by atoms with Crippen LogP contribution < -0.4 is 0 Å². The first-order valence-electron chi connectivity index (χ1n) is 7.31. The van der Waals surface area contributed by atoms with Crippen molar-refractivity contribution in [3.63, 3.8) is 0 Å². The molecule has 0 aromatic rings. The second-order valence-corrected chi connectivity index (χ2v) is 5.86. The number of nitrogens with zero attached hydrogens (tertiary/aromatic N) is 1. The largest absolute Gasteiger partial charge is 0.460 e. The Kier molecular flexibility index (Phi) is 9.99. The van der Waals surface area contributed by atoms with Gasteiger partial charge in [0.2, 0.25) is 5.91 Å². The van der Waals surface area contributed by atoms with Gasteiger partial charge in [0.05, 0.1) is 19.8 Å². The lowest BCUT2D eigenvalue weighted by atomic mass is 10.2. The van der Waals surface area contributed by atoms with E-state index < -0.39 is 5.60 Å². The molecular weight excluding hydrogens is 274 g/mol. The van der Waals surface area contributed by atoms with E-state index in [0.29, 0.717) is 45.8 Å². The van der Waals surface area contributed by atoms with E-state index in [-0.39, 0.29) is 11.9 Å². The molecule has 0 saturated heterocycles. The van der Waals surface area contributed by atoms with Crippen molar-refractivity contribution in [1.82, 2.24) is 4.90 Å². The summed E-state index contributed by atoms with van der Waals surface area (Å²) < 4.78 is 15.9. The van der Waals surface area contributed by atoms with Gasteiger partial charge in [0.15, 0.2) is 0 Å². The van der Waals surface area contributed by atoms with E-state index in [0.717, 1.165) is 0 Å². The smallest absolute Gasteiger partial charge is 0.306 e. The summed E-state index contributed by atoms with van der Waals surface area (Å²) in [4.78, 5) is 23.9. The van der Waals surface area contributed by atoms with Gasteiger partial charge in [-0.15, -0.1) is 0 Å². The van der Waals surface area contributed by atoms with Gasteiger partial charge < -0.3 is 19.1 Å². The topological polar surface area (TPSA) is 65.1 Å². The quantitative estimate of drug-likeness (QED) is 0.453. The lowest BCUT2D eigenvalue weighted by Crippen LogP contribution is -2.28. The summed E-state index contributed by atoms with van der Waals surface area (Å²) in [5.41, 5.74) is -0.432. The zero-order valence-corrected chi connectivity index (χ0v) is 13.9. The fraction of sp³-hybridized carbons (Fsp3) is 0.867. The third-order valence-electron chi connectivity index (χ3n) is 2.57. The van der Waals surface area contributed by atoms with E-state index in [1.807, 2.05) is 20.8 Å². The molecule has 0 rings (SSSR count). The third-order valence-corrected chi connectivity index (χ3v) is 2.57. The van der Waals surface area contributed by atoms with E-state index in [2.05, 4.69) is 0 Å². The van der Waals surface area contributed by atoms with Crippen LogP contribution in [0.25, 0.3) is 0 Å². The lowest BCUT2D eigenvalue weighted by molar-refractivity contribution is -0.155. The van der Waals surface area contributed by atoms with Gasteiger partial charge in [-0.25, -0.2) is 0 Å². The van der Waals surface area contributed by atoms with Gasteiger partial charge in [0.1, 0.15) is 5.60 Å². The molecule has 0 aliphatic rings. The molecule has 0 aromatic carbocycles. The molecule has 0 aliphatic heterocycles. The molecule has 0 bridgehead atoms. The van der Waals surface area contributed by atoms with Crippen LogP contribution in [0.2, 0.25) is 0 Å². The summed E-state index contributed by atoms with van der Waals surface area (Å²) in [6, 6.07) is 0. The second-order valence-electron chi connectivity index (χ2n) is 5.86. The Morgan fingerprint density at radius 3 is 2.10 bits per heavy atom. The highest BCUT2D eigenvalue weighted by Crippen LogP contribution is 2.08. The van der Waals surface area contributed by atoms with Crippen LogP contribution in [0.15, 0.2) is 0 Å². The Balaban J connectivity index is 3.34. The van der Waals surface area contributed by atoms with Crippen LogP contribution >= 0.6 is 0 Å². The molecule has 0 radical (unpaired) electrons. The van der Waals surface area contributed by atoms with Gasteiger partial charge in [-0.2, -0.15) is 0 Å². The van der Waals surface area contributed by atoms with Crippen LogP contribution in [0.5, 0.6) is 0 Å². The number of hydrogen-bond acceptors (Lipinski definition) is 5. The second kappa shape index (κ2) is 10.6. The average Bonchev–Trinajstić information content (AvgIpc) is 2.34. The minimum atomic E-state index is -0.432. The van der Waals surface area contributed by atoms with Crippen LogP contribution in [-0.2, 0) is 23.8 Å². The van der Waals surface area contributed by atoms with E-state index in [1.54, 1.807) is 11.9 Å². The van der Waals surface area contributed by atoms with Gasteiger partial charge in [0.25, 0.3) is 0 Å². The normalized spacial score (nSPS) is 11.3. The highest BCUT2D eigenvalue weighted by molar-refractivity contribution is 5.72. The molecule has 0 heterocycles. The monoisotopic (exact) mass is 303 g/mol. The number of likely N-dealkylation sites (N-methyl/N-ethyl adjacent to an activating group) is 1. The molecule has 0 spiro atoms. The van der Waals surface area contributed by atoms with Gasteiger partial charge in [-0.1, -0.05) is 0 Å². The molecule has 1 amide bonds. The van der Waals surface area contributed by atoms with Crippen molar-refractivity contribution in [2.45, 2.75) is 46.1 Å². The molecule has 6 heteroatoms. The first kappa shape index (κ1) is 19.9. The van der Waals surface area contributed by atoms with Crippen LogP contribution in [0, 0.1) is 0 Å². The van der Waals surface area contributed by atoms with Crippen molar-refractivity contribution >= 4 is 11.9 Å². The Labute approximate surface area is 127 Å². The highest BCUT2D eigenvalue weighted by atomic mass is 16.6. The van der Waals surface area contributed by atoms with Gasteiger partial charge in [-0.05, 0) is 27.2 Å². The summed E-state index contributed by atoms with van der Waals surface area (Å²) >= 11 is 0. The first-order chi connectivity index (χ1) is 9.72. The van der Waals surface area contributed by atoms with Gasteiger partial charge in [0, 0.05) is 33.5 Å². The molecule has 0 N–H and O–H groups in total. The summed E-state index contributed by atoms with van der Waals surface area (Å²) in [6.45, 7) is 9.62. The SMILES string of the molecule is CC(=O)N(C)CCOCCOCCCC(=O)OC(C)(C)C.